The van der Waals surface area contributed by atoms with Gasteiger partial charge in [-0.25, -0.2) is 13.1 Å². The first-order valence-corrected chi connectivity index (χ1v) is 8.38. The Bertz CT molecular complexity index is 566. The molecular formula is C14H22N2O3S. The lowest BCUT2D eigenvalue weighted by Gasteiger charge is -2.35. The molecule has 1 saturated carbocycles. The van der Waals surface area contributed by atoms with Crippen molar-refractivity contribution in [2.45, 2.75) is 50.3 Å². The third kappa shape index (κ3) is 3.38. The first-order valence-electron chi connectivity index (χ1n) is 6.89. The number of hydrogen-bond acceptors (Lipinski definition) is 4. The molecule has 0 radical (unpaired) electrons. The molecule has 112 valence electrons. The van der Waals surface area contributed by atoms with Crippen molar-refractivity contribution < 1.29 is 13.2 Å². The van der Waals surface area contributed by atoms with E-state index < -0.39 is 10.0 Å². The maximum Gasteiger partial charge on any atom is 0.241 e. The fraction of sp³-hybridized carbons (Fsp3) is 0.571. The molecule has 0 aliphatic heterocycles. The van der Waals surface area contributed by atoms with Crippen LogP contribution in [0.5, 0.6) is 0 Å². The minimum absolute atomic E-state index is 0.0301. The van der Waals surface area contributed by atoms with Gasteiger partial charge in [0.05, 0.1) is 11.0 Å². The van der Waals surface area contributed by atoms with E-state index in [0.29, 0.717) is 18.0 Å². The van der Waals surface area contributed by atoms with Crippen molar-refractivity contribution in [3.05, 3.63) is 29.3 Å². The molecule has 0 heterocycles. The second-order valence-corrected chi connectivity index (χ2v) is 6.85. The first-order chi connectivity index (χ1) is 9.46. The van der Waals surface area contributed by atoms with E-state index in [4.69, 9.17) is 10.5 Å². The van der Waals surface area contributed by atoms with Crippen LogP contribution >= 0.6 is 0 Å². The van der Waals surface area contributed by atoms with Gasteiger partial charge in [0.1, 0.15) is 0 Å². The summed E-state index contributed by atoms with van der Waals surface area (Å²) < 4.78 is 33.0. The summed E-state index contributed by atoms with van der Waals surface area (Å²) >= 11 is 0. The summed E-state index contributed by atoms with van der Waals surface area (Å²) in [5, 5.41) is 0. The summed E-state index contributed by atoms with van der Waals surface area (Å²) in [6, 6.07) is 5.26. The standard InChI is InChI=1S/C14H22N2O3S/c1-3-19-13-7-12(8-13)16-20(17,18)14-6-11(9-15)5-4-10(14)2/h4-6,12-13,16H,3,7-9,15H2,1-2H3. The lowest BCUT2D eigenvalue weighted by Crippen LogP contribution is -2.47. The van der Waals surface area contributed by atoms with Crippen molar-refractivity contribution in [3.8, 4) is 0 Å². The number of nitrogens with two attached hydrogens (primary N) is 1. The third-order valence-corrected chi connectivity index (χ3v) is 5.26. The van der Waals surface area contributed by atoms with Gasteiger partial charge >= 0.3 is 0 Å². The van der Waals surface area contributed by atoms with E-state index in [9.17, 15) is 8.42 Å². The molecule has 20 heavy (non-hydrogen) atoms. The van der Waals surface area contributed by atoms with Crippen molar-refractivity contribution in [1.82, 2.24) is 4.72 Å². The monoisotopic (exact) mass is 298 g/mol. The average molecular weight is 298 g/mol. The van der Waals surface area contributed by atoms with Gasteiger partial charge in [0.15, 0.2) is 0 Å². The largest absolute Gasteiger partial charge is 0.378 e. The number of aryl methyl sites for hydroxylation is 1. The average Bonchev–Trinajstić information content (AvgIpc) is 2.36. The lowest BCUT2D eigenvalue weighted by molar-refractivity contribution is -0.00475. The highest BCUT2D eigenvalue weighted by molar-refractivity contribution is 7.89. The second-order valence-electron chi connectivity index (χ2n) is 5.17. The van der Waals surface area contributed by atoms with Crippen LogP contribution in [0.1, 0.15) is 30.9 Å². The zero-order valence-corrected chi connectivity index (χ0v) is 12.7. The first kappa shape index (κ1) is 15.4. The molecule has 1 aliphatic rings. The zero-order chi connectivity index (χ0) is 14.8. The molecular weight excluding hydrogens is 276 g/mol. The smallest absolute Gasteiger partial charge is 0.241 e. The summed E-state index contributed by atoms with van der Waals surface area (Å²) in [7, 11) is -3.48. The van der Waals surface area contributed by atoms with Crippen LogP contribution in [0.3, 0.4) is 0 Å². The van der Waals surface area contributed by atoms with Gasteiger partial charge in [-0.2, -0.15) is 0 Å². The Morgan fingerprint density at radius 3 is 2.70 bits per heavy atom. The number of ether oxygens (including phenoxy) is 1. The number of benzene rings is 1. The van der Waals surface area contributed by atoms with Crippen LogP contribution in [0.15, 0.2) is 23.1 Å². The molecule has 6 heteroatoms. The van der Waals surface area contributed by atoms with E-state index in [-0.39, 0.29) is 12.1 Å². The van der Waals surface area contributed by atoms with E-state index in [0.717, 1.165) is 24.0 Å². The van der Waals surface area contributed by atoms with Gasteiger partial charge in [-0.05, 0) is 43.9 Å². The Balaban J connectivity index is 2.08. The zero-order valence-electron chi connectivity index (χ0n) is 11.9. The number of rotatable bonds is 6. The second kappa shape index (κ2) is 6.22. The highest BCUT2D eigenvalue weighted by Crippen LogP contribution is 2.26. The van der Waals surface area contributed by atoms with Gasteiger partial charge in [0, 0.05) is 19.2 Å². The van der Waals surface area contributed by atoms with Gasteiger partial charge in [-0.15, -0.1) is 0 Å². The van der Waals surface area contributed by atoms with Crippen LogP contribution in [0.2, 0.25) is 0 Å². The van der Waals surface area contributed by atoms with E-state index in [1.165, 1.54) is 0 Å². The third-order valence-electron chi connectivity index (χ3n) is 3.60. The minimum Gasteiger partial charge on any atom is -0.378 e. The van der Waals surface area contributed by atoms with E-state index in [1.807, 2.05) is 13.0 Å². The van der Waals surface area contributed by atoms with Crippen molar-refractivity contribution in [1.29, 1.82) is 0 Å². The van der Waals surface area contributed by atoms with Gasteiger partial charge < -0.3 is 10.5 Å². The Hall–Kier alpha value is -0.950. The van der Waals surface area contributed by atoms with E-state index in [2.05, 4.69) is 4.72 Å². The van der Waals surface area contributed by atoms with Crippen LogP contribution in [0, 0.1) is 6.92 Å². The summed E-state index contributed by atoms with van der Waals surface area (Å²) in [5.41, 5.74) is 7.12. The molecule has 0 aromatic heterocycles. The Morgan fingerprint density at radius 2 is 2.10 bits per heavy atom. The van der Waals surface area contributed by atoms with Crippen molar-refractivity contribution >= 4 is 10.0 Å². The quantitative estimate of drug-likeness (QED) is 0.829. The molecule has 0 amide bonds. The maximum absolute atomic E-state index is 12.4. The normalized spacial score (nSPS) is 22.6. The highest BCUT2D eigenvalue weighted by atomic mass is 32.2. The van der Waals surface area contributed by atoms with Crippen LogP contribution in [-0.2, 0) is 21.3 Å². The number of sulfonamides is 1. The van der Waals surface area contributed by atoms with Crippen LogP contribution in [0.25, 0.3) is 0 Å². The van der Waals surface area contributed by atoms with Gasteiger partial charge in [0.2, 0.25) is 10.0 Å². The molecule has 1 aromatic rings. The van der Waals surface area contributed by atoms with E-state index in [1.54, 1.807) is 19.1 Å². The molecule has 1 aromatic carbocycles. The van der Waals surface area contributed by atoms with Gasteiger partial charge in [-0.1, -0.05) is 12.1 Å². The summed E-state index contributed by atoms with van der Waals surface area (Å²) in [6.07, 6.45) is 1.66. The topological polar surface area (TPSA) is 81.4 Å². The fourth-order valence-corrected chi connectivity index (χ4v) is 3.93. The molecule has 0 spiro atoms. The van der Waals surface area contributed by atoms with Gasteiger partial charge in [0.25, 0.3) is 0 Å². The predicted octanol–water partition coefficient (Wildman–Crippen LogP) is 1.30. The van der Waals surface area contributed by atoms with Crippen LogP contribution in [-0.4, -0.2) is 27.2 Å². The SMILES string of the molecule is CCOC1CC(NS(=O)(=O)c2cc(CN)ccc2C)C1. The molecule has 0 bridgehead atoms. The summed E-state index contributed by atoms with van der Waals surface area (Å²) in [4.78, 5) is 0.320. The summed E-state index contributed by atoms with van der Waals surface area (Å²) in [6.45, 7) is 4.73. The van der Waals surface area contributed by atoms with Crippen molar-refractivity contribution in [3.63, 3.8) is 0 Å². The molecule has 1 fully saturated rings. The molecule has 0 saturated heterocycles. The number of nitrogens with one attached hydrogen (secondary N) is 1. The Kier molecular flexibility index (Phi) is 4.80. The molecule has 5 nitrogen and oxygen atoms in total. The molecule has 2 rings (SSSR count). The fourth-order valence-electron chi connectivity index (χ4n) is 2.38. The molecule has 0 unspecified atom stereocenters. The van der Waals surface area contributed by atoms with E-state index >= 15 is 0 Å². The maximum atomic E-state index is 12.4. The highest BCUT2D eigenvalue weighted by Gasteiger charge is 2.33. The predicted molar refractivity (Wildman–Crippen MR) is 77.8 cm³/mol. The van der Waals surface area contributed by atoms with Crippen molar-refractivity contribution in [2.75, 3.05) is 6.61 Å². The lowest BCUT2D eigenvalue weighted by atomic mass is 9.90. The van der Waals surface area contributed by atoms with Crippen LogP contribution in [0.4, 0.5) is 0 Å². The Labute approximate surface area is 120 Å². The molecule has 1 aliphatic carbocycles. The van der Waals surface area contributed by atoms with Crippen LogP contribution < -0.4 is 10.5 Å². The van der Waals surface area contributed by atoms with Crippen molar-refractivity contribution in [2.24, 2.45) is 5.73 Å². The number of hydrogen-bond donors (Lipinski definition) is 2. The van der Waals surface area contributed by atoms with Gasteiger partial charge in [-0.3, -0.25) is 0 Å². The molecule has 3 N–H and O–H groups in total. The Morgan fingerprint density at radius 1 is 1.40 bits per heavy atom. The molecule has 0 atom stereocenters. The minimum atomic E-state index is -3.48. The summed E-state index contributed by atoms with van der Waals surface area (Å²) in [5.74, 6) is 0.